The molecule has 0 N–H and O–H groups in total. The molecule has 0 radical (unpaired) electrons. The predicted molar refractivity (Wildman–Crippen MR) is 90.4 cm³/mol. The van der Waals surface area contributed by atoms with Crippen molar-refractivity contribution in [3.63, 3.8) is 0 Å². The lowest BCUT2D eigenvalue weighted by Crippen LogP contribution is -2.50. The first-order valence-corrected chi connectivity index (χ1v) is 10.1. The summed E-state index contributed by atoms with van der Waals surface area (Å²) in [4.78, 5) is 4.70. The third kappa shape index (κ3) is 3.95. The van der Waals surface area contributed by atoms with Crippen molar-refractivity contribution in [2.75, 3.05) is 37.7 Å². The molecule has 2 fully saturated rings. The van der Waals surface area contributed by atoms with E-state index in [1.807, 2.05) is 18.2 Å². The zero-order valence-corrected chi connectivity index (χ0v) is 14.7. The van der Waals surface area contributed by atoms with Gasteiger partial charge in [0.05, 0.1) is 21.6 Å². The average molecular weight is 363 g/mol. The molecule has 22 heavy (non-hydrogen) atoms. The van der Waals surface area contributed by atoms with Gasteiger partial charge in [0.2, 0.25) is 0 Å². The van der Waals surface area contributed by atoms with E-state index in [0.29, 0.717) is 21.6 Å². The Balaban J connectivity index is 1.52. The van der Waals surface area contributed by atoms with Crippen molar-refractivity contribution in [2.24, 2.45) is 0 Å². The lowest BCUT2D eigenvalue weighted by Gasteiger charge is -2.37. The van der Waals surface area contributed by atoms with Gasteiger partial charge in [0.15, 0.2) is 9.84 Å². The number of sulfone groups is 1. The van der Waals surface area contributed by atoms with E-state index in [1.165, 1.54) is 0 Å². The van der Waals surface area contributed by atoms with E-state index in [2.05, 4.69) is 9.80 Å². The standard InChI is InChI=1S/C15H20Cl2N2O2S/c16-14-2-1-12(9-15(14)17)10-18-4-6-19(7-5-18)13-3-8-22(20,21)11-13/h1-2,9,13H,3-8,10-11H2/t13-/m0/s1. The van der Waals surface area contributed by atoms with Gasteiger partial charge in [-0.05, 0) is 24.1 Å². The minimum atomic E-state index is -2.80. The van der Waals surface area contributed by atoms with Crippen LogP contribution in [-0.4, -0.2) is 61.9 Å². The molecule has 2 saturated heterocycles. The third-order valence-electron chi connectivity index (χ3n) is 4.52. The second-order valence-corrected chi connectivity index (χ2v) is 9.16. The Morgan fingerprint density at radius 2 is 1.82 bits per heavy atom. The molecule has 2 aliphatic rings. The first-order chi connectivity index (χ1) is 10.4. The summed E-state index contributed by atoms with van der Waals surface area (Å²) in [5.74, 6) is 0.681. The molecule has 7 heteroatoms. The number of nitrogens with zero attached hydrogens (tertiary/aromatic N) is 2. The first kappa shape index (κ1) is 16.5. The van der Waals surface area contributed by atoms with E-state index in [4.69, 9.17) is 23.2 Å². The smallest absolute Gasteiger partial charge is 0.151 e. The van der Waals surface area contributed by atoms with Crippen LogP contribution < -0.4 is 0 Å². The molecule has 0 saturated carbocycles. The van der Waals surface area contributed by atoms with Gasteiger partial charge in [0, 0.05) is 38.8 Å². The number of rotatable bonds is 3. The highest BCUT2D eigenvalue weighted by molar-refractivity contribution is 7.91. The van der Waals surface area contributed by atoms with Gasteiger partial charge >= 0.3 is 0 Å². The van der Waals surface area contributed by atoms with E-state index in [0.717, 1.165) is 44.7 Å². The first-order valence-electron chi connectivity index (χ1n) is 7.54. The van der Waals surface area contributed by atoms with Gasteiger partial charge in [-0.1, -0.05) is 29.3 Å². The van der Waals surface area contributed by atoms with Crippen molar-refractivity contribution in [3.8, 4) is 0 Å². The minimum absolute atomic E-state index is 0.220. The molecular weight excluding hydrogens is 343 g/mol. The second-order valence-electron chi connectivity index (χ2n) is 6.12. The number of hydrogen-bond donors (Lipinski definition) is 0. The Labute approximate surface area is 141 Å². The lowest BCUT2D eigenvalue weighted by atomic mass is 10.1. The van der Waals surface area contributed by atoms with Gasteiger partial charge in [-0.25, -0.2) is 8.42 Å². The zero-order chi connectivity index (χ0) is 15.7. The van der Waals surface area contributed by atoms with Crippen molar-refractivity contribution < 1.29 is 8.42 Å². The van der Waals surface area contributed by atoms with E-state index in [-0.39, 0.29) is 6.04 Å². The van der Waals surface area contributed by atoms with E-state index >= 15 is 0 Å². The van der Waals surface area contributed by atoms with Crippen LogP contribution in [-0.2, 0) is 16.4 Å². The minimum Gasteiger partial charge on any atom is -0.297 e. The normalized spacial score (nSPS) is 26.4. The molecular formula is C15H20Cl2N2O2S. The Bertz CT molecular complexity index is 643. The van der Waals surface area contributed by atoms with Crippen LogP contribution in [0.15, 0.2) is 18.2 Å². The highest BCUT2D eigenvalue weighted by Gasteiger charge is 2.33. The Morgan fingerprint density at radius 3 is 2.41 bits per heavy atom. The van der Waals surface area contributed by atoms with Gasteiger partial charge in [-0.3, -0.25) is 9.80 Å². The summed E-state index contributed by atoms with van der Waals surface area (Å²) in [6, 6.07) is 5.97. The number of benzene rings is 1. The fourth-order valence-corrected chi connectivity index (χ4v) is 5.33. The molecule has 4 nitrogen and oxygen atoms in total. The van der Waals surface area contributed by atoms with Crippen molar-refractivity contribution >= 4 is 33.0 Å². The van der Waals surface area contributed by atoms with E-state index in [9.17, 15) is 8.42 Å². The highest BCUT2D eigenvalue weighted by Crippen LogP contribution is 2.24. The van der Waals surface area contributed by atoms with Gasteiger partial charge in [-0.2, -0.15) is 0 Å². The maximum Gasteiger partial charge on any atom is 0.151 e. The molecule has 0 bridgehead atoms. The average Bonchev–Trinajstić information content (AvgIpc) is 2.84. The van der Waals surface area contributed by atoms with Crippen LogP contribution in [0.5, 0.6) is 0 Å². The van der Waals surface area contributed by atoms with Crippen LogP contribution in [0, 0.1) is 0 Å². The fraction of sp³-hybridized carbons (Fsp3) is 0.600. The van der Waals surface area contributed by atoms with Crippen LogP contribution in [0.3, 0.4) is 0 Å². The summed E-state index contributed by atoms with van der Waals surface area (Å²) in [7, 11) is -2.80. The molecule has 1 aromatic carbocycles. The largest absolute Gasteiger partial charge is 0.297 e. The summed E-state index contributed by atoms with van der Waals surface area (Å²) in [5, 5.41) is 1.17. The summed E-state index contributed by atoms with van der Waals surface area (Å²) >= 11 is 12.0. The molecule has 0 unspecified atom stereocenters. The molecule has 0 aromatic heterocycles. The zero-order valence-electron chi connectivity index (χ0n) is 12.3. The van der Waals surface area contributed by atoms with Crippen molar-refractivity contribution in [3.05, 3.63) is 33.8 Å². The molecule has 2 aliphatic heterocycles. The number of piperazine rings is 1. The monoisotopic (exact) mass is 362 g/mol. The fourth-order valence-electron chi connectivity index (χ4n) is 3.25. The number of halogens is 2. The second kappa shape index (κ2) is 6.65. The maximum atomic E-state index is 11.6. The van der Waals surface area contributed by atoms with Crippen molar-refractivity contribution in [1.82, 2.24) is 9.80 Å². The van der Waals surface area contributed by atoms with Crippen LogP contribution in [0.4, 0.5) is 0 Å². The summed E-state index contributed by atoms with van der Waals surface area (Å²) in [5.41, 5.74) is 1.16. The van der Waals surface area contributed by atoms with Gasteiger partial charge in [0.1, 0.15) is 0 Å². The number of hydrogen-bond acceptors (Lipinski definition) is 4. The van der Waals surface area contributed by atoms with Crippen LogP contribution >= 0.6 is 23.2 Å². The summed E-state index contributed by atoms with van der Waals surface area (Å²) in [6.45, 7) is 4.63. The molecule has 1 aromatic rings. The van der Waals surface area contributed by atoms with E-state index in [1.54, 1.807) is 0 Å². The lowest BCUT2D eigenvalue weighted by molar-refractivity contribution is 0.100. The Kier molecular flexibility index (Phi) is 5.00. The Morgan fingerprint density at radius 1 is 1.09 bits per heavy atom. The predicted octanol–water partition coefficient (Wildman–Crippen LogP) is 2.30. The molecule has 2 heterocycles. The maximum absolute atomic E-state index is 11.6. The van der Waals surface area contributed by atoms with Crippen LogP contribution in [0.1, 0.15) is 12.0 Å². The van der Waals surface area contributed by atoms with Gasteiger partial charge < -0.3 is 0 Å². The molecule has 1 atom stereocenters. The summed E-state index contributed by atoms with van der Waals surface area (Å²) in [6.07, 6.45) is 0.787. The summed E-state index contributed by atoms with van der Waals surface area (Å²) < 4.78 is 23.2. The van der Waals surface area contributed by atoms with Crippen molar-refractivity contribution in [2.45, 2.75) is 19.0 Å². The molecule has 122 valence electrons. The van der Waals surface area contributed by atoms with Gasteiger partial charge in [0.25, 0.3) is 0 Å². The third-order valence-corrected chi connectivity index (χ3v) is 7.01. The SMILES string of the molecule is O=S1(=O)CC[C@H](N2CCN(Cc3ccc(Cl)c(Cl)c3)CC2)C1. The van der Waals surface area contributed by atoms with Gasteiger partial charge in [-0.15, -0.1) is 0 Å². The quantitative estimate of drug-likeness (QED) is 0.826. The van der Waals surface area contributed by atoms with Crippen molar-refractivity contribution in [1.29, 1.82) is 0 Å². The van der Waals surface area contributed by atoms with Crippen LogP contribution in [0.25, 0.3) is 0 Å². The molecule has 0 amide bonds. The molecule has 0 spiro atoms. The highest BCUT2D eigenvalue weighted by atomic mass is 35.5. The molecule has 0 aliphatic carbocycles. The topological polar surface area (TPSA) is 40.6 Å². The van der Waals surface area contributed by atoms with E-state index < -0.39 is 9.84 Å². The van der Waals surface area contributed by atoms with Crippen LogP contribution in [0.2, 0.25) is 10.0 Å². The molecule has 3 rings (SSSR count). The Hall–Kier alpha value is -0.330.